The van der Waals surface area contributed by atoms with Gasteiger partial charge in [0.2, 0.25) is 0 Å². The van der Waals surface area contributed by atoms with Crippen LogP contribution in [0.4, 0.5) is 17.1 Å². The molecule has 3 heterocycles. The second-order valence-electron chi connectivity index (χ2n) is 14.4. The molecule has 12 rings (SSSR count). The van der Waals surface area contributed by atoms with E-state index in [-0.39, 0.29) is 6.85 Å². The Balaban J connectivity index is 1.22. The van der Waals surface area contributed by atoms with Gasteiger partial charge in [-0.1, -0.05) is 133 Å². The highest BCUT2D eigenvalue weighted by molar-refractivity contribution is 6.91. The molecular formula is C50H31BN2. The molecule has 53 heavy (non-hydrogen) atoms. The quantitative estimate of drug-likeness (QED) is 0.134. The molecule has 1 aromatic heterocycles. The van der Waals surface area contributed by atoms with Crippen LogP contribution in [-0.4, -0.2) is 11.3 Å². The van der Waals surface area contributed by atoms with Gasteiger partial charge in [-0.2, -0.15) is 0 Å². The second-order valence-corrected chi connectivity index (χ2v) is 14.4. The maximum atomic E-state index is 2.66. The Morgan fingerprint density at radius 3 is 1.72 bits per heavy atom. The molecule has 0 fully saturated rings. The number of aromatic nitrogens is 1. The Kier molecular flexibility index (Phi) is 5.89. The number of rotatable bonds is 3. The first-order valence-electron chi connectivity index (χ1n) is 18.5. The van der Waals surface area contributed by atoms with Crippen LogP contribution in [0.5, 0.6) is 0 Å². The smallest absolute Gasteiger partial charge is 0.333 e. The van der Waals surface area contributed by atoms with E-state index in [2.05, 4.69) is 197 Å². The maximum Gasteiger partial charge on any atom is 0.333 e. The predicted octanol–water partition coefficient (Wildman–Crippen LogP) is 11.9. The largest absolute Gasteiger partial charge is 0.375 e. The van der Waals surface area contributed by atoms with Crippen LogP contribution in [0.2, 0.25) is 0 Å². The summed E-state index contributed by atoms with van der Waals surface area (Å²) in [4.78, 5) is 2.50. The predicted molar refractivity (Wildman–Crippen MR) is 226 cm³/mol. The van der Waals surface area contributed by atoms with Crippen LogP contribution in [-0.2, 0) is 0 Å². The monoisotopic (exact) mass is 670 g/mol. The van der Waals surface area contributed by atoms with Crippen molar-refractivity contribution in [3.63, 3.8) is 0 Å². The third-order valence-corrected chi connectivity index (χ3v) is 11.7. The molecule has 2 aliphatic heterocycles. The van der Waals surface area contributed by atoms with Gasteiger partial charge in [0.05, 0.1) is 0 Å². The molecule has 0 atom stereocenters. The minimum absolute atomic E-state index is 0.00759. The minimum Gasteiger partial charge on any atom is -0.375 e. The molecule has 0 amide bonds. The van der Waals surface area contributed by atoms with E-state index < -0.39 is 0 Å². The van der Waals surface area contributed by atoms with Crippen LogP contribution in [0, 0.1) is 0 Å². The van der Waals surface area contributed by atoms with Crippen LogP contribution < -0.4 is 15.8 Å². The van der Waals surface area contributed by atoms with Crippen molar-refractivity contribution in [2.24, 2.45) is 0 Å². The van der Waals surface area contributed by atoms with Gasteiger partial charge in [-0.05, 0) is 115 Å². The molecule has 10 aromatic rings. The zero-order valence-electron chi connectivity index (χ0n) is 28.9. The Morgan fingerprint density at radius 1 is 0.358 bits per heavy atom. The van der Waals surface area contributed by atoms with E-state index in [1.807, 2.05) is 0 Å². The third kappa shape index (κ3) is 3.99. The zero-order valence-corrected chi connectivity index (χ0v) is 28.9. The highest BCUT2D eigenvalue weighted by Crippen LogP contribution is 2.46. The summed E-state index contributed by atoms with van der Waals surface area (Å²) in [5.74, 6) is 0. The summed E-state index contributed by atoms with van der Waals surface area (Å²) in [7, 11) is 0. The highest BCUT2D eigenvalue weighted by atomic mass is 15.2. The summed E-state index contributed by atoms with van der Waals surface area (Å²) >= 11 is 0. The number of benzene rings is 9. The average Bonchev–Trinajstić information content (AvgIpc) is 3.57. The van der Waals surface area contributed by atoms with E-state index in [1.54, 1.807) is 0 Å². The molecule has 0 unspecified atom stereocenters. The van der Waals surface area contributed by atoms with E-state index in [0.717, 1.165) is 0 Å². The van der Waals surface area contributed by atoms with Gasteiger partial charge in [0, 0.05) is 44.4 Å². The molecule has 2 nitrogen and oxygen atoms in total. The number of hydrogen-bond acceptors (Lipinski definition) is 1. The fourth-order valence-corrected chi connectivity index (χ4v) is 9.53. The Labute approximate surface area is 307 Å². The molecule has 0 saturated carbocycles. The van der Waals surface area contributed by atoms with Crippen molar-refractivity contribution < 1.29 is 0 Å². The number of anilines is 3. The Hall–Kier alpha value is -6.84. The summed E-state index contributed by atoms with van der Waals surface area (Å²) in [6.07, 6.45) is 0. The zero-order chi connectivity index (χ0) is 34.6. The average molecular weight is 671 g/mol. The van der Waals surface area contributed by atoms with E-state index in [4.69, 9.17) is 0 Å². The molecule has 3 heteroatoms. The van der Waals surface area contributed by atoms with Gasteiger partial charge in [0.25, 0.3) is 0 Å². The number of hydrogen-bond donors (Lipinski definition) is 0. The standard InChI is InChI=1S/C50H31BN2/c1-4-14-32(15-5-1)42-29-35-28-34-26-27-47-49(44(34)31-36(35)30-43(42)33-16-6-2-7-17-33)51-48-39(21-13-25-46(48)52(47)37-18-8-3-9-19-37)41-23-12-22-40-38-20-10-11-24-45(38)53(51)50(40)41/h1-31H. The van der Waals surface area contributed by atoms with Gasteiger partial charge < -0.3 is 9.38 Å². The molecule has 0 saturated heterocycles. The highest BCUT2D eigenvalue weighted by Gasteiger charge is 2.43. The van der Waals surface area contributed by atoms with Crippen LogP contribution in [0.25, 0.3) is 76.7 Å². The Morgan fingerprint density at radius 2 is 0.962 bits per heavy atom. The van der Waals surface area contributed by atoms with Gasteiger partial charge in [-0.25, -0.2) is 0 Å². The second kappa shape index (κ2) is 10.8. The third-order valence-electron chi connectivity index (χ3n) is 11.7. The topological polar surface area (TPSA) is 8.17 Å². The lowest BCUT2D eigenvalue weighted by atomic mass is 9.44. The molecule has 0 N–H and O–H groups in total. The first kappa shape index (κ1) is 28.8. The lowest BCUT2D eigenvalue weighted by Gasteiger charge is -2.41. The molecule has 0 spiro atoms. The van der Waals surface area contributed by atoms with Crippen molar-refractivity contribution in [1.82, 2.24) is 4.48 Å². The summed E-state index contributed by atoms with van der Waals surface area (Å²) in [5, 5.41) is 7.65. The first-order valence-corrected chi connectivity index (χ1v) is 18.5. The lowest BCUT2D eigenvalue weighted by Crippen LogP contribution is -2.56. The van der Waals surface area contributed by atoms with Crippen molar-refractivity contribution in [1.29, 1.82) is 0 Å². The van der Waals surface area contributed by atoms with Crippen LogP contribution in [0.1, 0.15) is 0 Å². The molecule has 9 aromatic carbocycles. The van der Waals surface area contributed by atoms with Crippen molar-refractivity contribution in [2.45, 2.75) is 0 Å². The van der Waals surface area contributed by atoms with Gasteiger partial charge in [-0.3, -0.25) is 0 Å². The summed E-state index contributed by atoms with van der Waals surface area (Å²) in [6, 6.07) is 69.7. The number of fused-ring (bicyclic) bond motifs is 10. The van der Waals surface area contributed by atoms with E-state index >= 15 is 0 Å². The van der Waals surface area contributed by atoms with E-state index in [9.17, 15) is 0 Å². The number of para-hydroxylation sites is 3. The molecular weight excluding hydrogens is 639 g/mol. The molecule has 0 radical (unpaired) electrons. The van der Waals surface area contributed by atoms with Gasteiger partial charge in [-0.15, -0.1) is 0 Å². The molecule has 0 aliphatic carbocycles. The molecule has 244 valence electrons. The summed E-state index contributed by atoms with van der Waals surface area (Å²) in [6.45, 7) is -0.00759. The van der Waals surface area contributed by atoms with Crippen LogP contribution >= 0.6 is 0 Å². The Bertz CT molecular complexity index is 3110. The SMILES string of the molecule is c1ccc(-c2cc3cc4ccc5c(c4cc3cc2-c2ccccc2)B2c3c(cccc3N5c3ccccc3)-c3cccc4c5ccccc5n2c34)cc1. The lowest BCUT2D eigenvalue weighted by molar-refractivity contribution is 1.26. The maximum absolute atomic E-state index is 2.66. The van der Waals surface area contributed by atoms with E-state index in [0.29, 0.717) is 0 Å². The molecule has 0 bridgehead atoms. The van der Waals surface area contributed by atoms with Gasteiger partial charge >= 0.3 is 6.85 Å². The van der Waals surface area contributed by atoms with Crippen molar-refractivity contribution in [3.05, 3.63) is 188 Å². The fraction of sp³-hybridized carbons (Fsp3) is 0. The van der Waals surface area contributed by atoms with Crippen molar-refractivity contribution >= 4 is 78.2 Å². The van der Waals surface area contributed by atoms with Crippen LogP contribution in [0.15, 0.2) is 188 Å². The van der Waals surface area contributed by atoms with Gasteiger partial charge in [0.15, 0.2) is 0 Å². The fourth-order valence-electron chi connectivity index (χ4n) is 9.53. The minimum atomic E-state index is -0.00759. The summed E-state index contributed by atoms with van der Waals surface area (Å²) < 4.78 is 2.66. The summed E-state index contributed by atoms with van der Waals surface area (Å²) in [5.41, 5.74) is 16.5. The number of nitrogens with zero attached hydrogens (tertiary/aromatic N) is 2. The van der Waals surface area contributed by atoms with Crippen molar-refractivity contribution in [2.75, 3.05) is 4.90 Å². The van der Waals surface area contributed by atoms with Crippen molar-refractivity contribution in [3.8, 4) is 33.4 Å². The first-order chi connectivity index (χ1) is 26.3. The molecule has 2 aliphatic rings. The normalized spacial score (nSPS) is 12.8. The van der Waals surface area contributed by atoms with E-state index in [1.165, 1.54) is 105 Å². The van der Waals surface area contributed by atoms with Crippen LogP contribution in [0.3, 0.4) is 0 Å². The van der Waals surface area contributed by atoms with Gasteiger partial charge in [0.1, 0.15) is 0 Å².